The molecule has 0 bridgehead atoms. The standard InChI is InChI=1S/C19H17N5O3/c1-11-17(23-24(22-11)14-6-4-3-5-7-14)19(26)20-13-8-9-16-15(10-13)21-18(25)12(2)27-16/h3-10,12H,1-2H3,(H,20,26)(H,21,25)/t12-/m0/s1. The Hall–Kier alpha value is -3.68. The Bertz CT molecular complexity index is 1030. The maximum Gasteiger partial charge on any atom is 0.278 e. The molecule has 3 aromatic rings. The van der Waals surface area contributed by atoms with Gasteiger partial charge in [-0.05, 0) is 44.2 Å². The van der Waals surface area contributed by atoms with E-state index in [1.54, 1.807) is 32.0 Å². The summed E-state index contributed by atoms with van der Waals surface area (Å²) in [6.45, 7) is 3.40. The molecular weight excluding hydrogens is 346 g/mol. The first-order valence-corrected chi connectivity index (χ1v) is 8.43. The molecule has 2 heterocycles. The van der Waals surface area contributed by atoms with E-state index in [-0.39, 0.29) is 17.5 Å². The number of carbonyl (C=O) groups excluding carboxylic acids is 2. The molecule has 8 heteroatoms. The normalized spacial score (nSPS) is 15.5. The summed E-state index contributed by atoms with van der Waals surface area (Å²) in [5.74, 6) is -0.0509. The molecule has 1 aromatic heterocycles. The van der Waals surface area contributed by atoms with Gasteiger partial charge >= 0.3 is 0 Å². The Balaban J connectivity index is 1.56. The van der Waals surface area contributed by atoms with Gasteiger partial charge in [0.05, 0.1) is 17.1 Å². The maximum atomic E-state index is 12.6. The monoisotopic (exact) mass is 363 g/mol. The van der Waals surface area contributed by atoms with Crippen LogP contribution in [0.1, 0.15) is 23.1 Å². The molecule has 4 rings (SSSR count). The van der Waals surface area contributed by atoms with Crippen LogP contribution in [0.3, 0.4) is 0 Å². The summed E-state index contributed by atoms with van der Waals surface area (Å²) in [7, 11) is 0. The number of carbonyl (C=O) groups is 2. The van der Waals surface area contributed by atoms with Gasteiger partial charge in [-0.3, -0.25) is 9.59 Å². The summed E-state index contributed by atoms with van der Waals surface area (Å²) in [5, 5.41) is 14.1. The minimum atomic E-state index is -0.548. The molecule has 8 nitrogen and oxygen atoms in total. The highest BCUT2D eigenvalue weighted by Gasteiger charge is 2.24. The van der Waals surface area contributed by atoms with Gasteiger partial charge in [-0.15, -0.1) is 5.10 Å². The van der Waals surface area contributed by atoms with Gasteiger partial charge in [0.2, 0.25) is 0 Å². The molecule has 1 aliphatic heterocycles. The van der Waals surface area contributed by atoms with Gasteiger partial charge in [0, 0.05) is 5.69 Å². The van der Waals surface area contributed by atoms with E-state index in [0.717, 1.165) is 5.69 Å². The van der Waals surface area contributed by atoms with E-state index < -0.39 is 6.10 Å². The van der Waals surface area contributed by atoms with Gasteiger partial charge in [0.1, 0.15) is 5.75 Å². The van der Waals surface area contributed by atoms with Crippen LogP contribution in [0.15, 0.2) is 48.5 Å². The second kappa shape index (κ2) is 6.56. The predicted octanol–water partition coefficient (Wildman–Crippen LogP) is 2.55. The lowest BCUT2D eigenvalue weighted by Crippen LogP contribution is -2.34. The summed E-state index contributed by atoms with van der Waals surface area (Å²) in [4.78, 5) is 25.8. The average Bonchev–Trinajstić information content (AvgIpc) is 3.05. The van der Waals surface area contributed by atoms with Crippen LogP contribution >= 0.6 is 0 Å². The highest BCUT2D eigenvalue weighted by molar-refractivity contribution is 6.04. The fourth-order valence-electron chi connectivity index (χ4n) is 2.74. The molecular formula is C19H17N5O3. The topological polar surface area (TPSA) is 98.1 Å². The van der Waals surface area contributed by atoms with Crippen LogP contribution in [-0.2, 0) is 4.79 Å². The smallest absolute Gasteiger partial charge is 0.278 e. The van der Waals surface area contributed by atoms with E-state index in [1.807, 2.05) is 30.3 Å². The highest BCUT2D eigenvalue weighted by atomic mass is 16.5. The number of hydrogen-bond donors (Lipinski definition) is 2. The van der Waals surface area contributed by atoms with Crippen LogP contribution in [-0.4, -0.2) is 32.9 Å². The fraction of sp³-hybridized carbons (Fsp3) is 0.158. The summed E-state index contributed by atoms with van der Waals surface area (Å²) in [6, 6.07) is 14.4. The zero-order chi connectivity index (χ0) is 19.0. The Kier molecular flexibility index (Phi) is 4.08. The number of rotatable bonds is 3. The highest BCUT2D eigenvalue weighted by Crippen LogP contribution is 2.32. The van der Waals surface area contributed by atoms with Gasteiger partial charge in [-0.2, -0.15) is 9.90 Å². The molecule has 0 fully saturated rings. The summed E-state index contributed by atoms with van der Waals surface area (Å²) < 4.78 is 5.51. The molecule has 136 valence electrons. The molecule has 0 saturated heterocycles. The van der Waals surface area contributed by atoms with Crippen molar-refractivity contribution < 1.29 is 14.3 Å². The molecule has 2 N–H and O–H groups in total. The molecule has 27 heavy (non-hydrogen) atoms. The molecule has 1 aliphatic rings. The molecule has 1 atom stereocenters. The molecule has 2 aromatic carbocycles. The van der Waals surface area contributed by atoms with Crippen LogP contribution in [0.2, 0.25) is 0 Å². The number of fused-ring (bicyclic) bond motifs is 1. The first-order valence-electron chi connectivity index (χ1n) is 8.43. The molecule has 0 unspecified atom stereocenters. The predicted molar refractivity (Wildman–Crippen MR) is 99.2 cm³/mol. The molecule has 0 aliphatic carbocycles. The van der Waals surface area contributed by atoms with Crippen molar-refractivity contribution in [2.45, 2.75) is 20.0 Å². The van der Waals surface area contributed by atoms with Crippen molar-refractivity contribution in [3.8, 4) is 11.4 Å². The van der Waals surface area contributed by atoms with Gasteiger partial charge < -0.3 is 15.4 Å². The summed E-state index contributed by atoms with van der Waals surface area (Å²) in [6.07, 6.45) is -0.548. The van der Waals surface area contributed by atoms with Crippen molar-refractivity contribution in [1.29, 1.82) is 0 Å². The van der Waals surface area contributed by atoms with Gasteiger partial charge in [-0.1, -0.05) is 18.2 Å². The lowest BCUT2D eigenvalue weighted by atomic mass is 10.2. The quantitative estimate of drug-likeness (QED) is 0.745. The van der Waals surface area contributed by atoms with Crippen molar-refractivity contribution in [3.63, 3.8) is 0 Å². The van der Waals surface area contributed by atoms with Crippen molar-refractivity contribution in [2.75, 3.05) is 10.6 Å². The number of aromatic nitrogens is 3. The van der Waals surface area contributed by atoms with Gasteiger partial charge in [-0.25, -0.2) is 0 Å². The van der Waals surface area contributed by atoms with E-state index in [9.17, 15) is 9.59 Å². The number of ether oxygens (including phenoxy) is 1. The molecule has 0 spiro atoms. The van der Waals surface area contributed by atoms with Crippen molar-refractivity contribution >= 4 is 23.2 Å². The number of amides is 2. The number of benzene rings is 2. The third-order valence-electron chi connectivity index (χ3n) is 4.15. The van der Waals surface area contributed by atoms with Crippen LogP contribution < -0.4 is 15.4 Å². The second-order valence-electron chi connectivity index (χ2n) is 6.17. The van der Waals surface area contributed by atoms with Gasteiger partial charge in [0.15, 0.2) is 11.8 Å². The van der Waals surface area contributed by atoms with E-state index in [1.165, 1.54) is 4.80 Å². The lowest BCUT2D eigenvalue weighted by molar-refractivity contribution is -0.122. The third kappa shape index (κ3) is 3.24. The fourth-order valence-corrected chi connectivity index (χ4v) is 2.74. The lowest BCUT2D eigenvalue weighted by Gasteiger charge is -2.23. The zero-order valence-electron chi connectivity index (χ0n) is 14.8. The number of nitrogens with one attached hydrogen (secondary N) is 2. The van der Waals surface area contributed by atoms with Crippen LogP contribution in [0.25, 0.3) is 5.69 Å². The minimum Gasteiger partial charge on any atom is -0.479 e. The molecule has 0 radical (unpaired) electrons. The van der Waals surface area contributed by atoms with Crippen molar-refractivity contribution in [3.05, 3.63) is 59.9 Å². The summed E-state index contributed by atoms with van der Waals surface area (Å²) in [5.41, 5.74) is 2.54. The van der Waals surface area contributed by atoms with Crippen LogP contribution in [0.4, 0.5) is 11.4 Å². The van der Waals surface area contributed by atoms with Crippen LogP contribution in [0.5, 0.6) is 5.75 Å². The Morgan fingerprint density at radius 1 is 1.19 bits per heavy atom. The molecule has 2 amide bonds. The van der Waals surface area contributed by atoms with Crippen LogP contribution in [0, 0.1) is 6.92 Å². The Labute approximate surface area is 155 Å². The SMILES string of the molecule is Cc1nn(-c2ccccc2)nc1C(=O)Nc1ccc2c(c1)NC(=O)[C@H](C)O2. The van der Waals surface area contributed by atoms with Gasteiger partial charge in [0.25, 0.3) is 11.8 Å². The van der Waals surface area contributed by atoms with E-state index in [2.05, 4.69) is 20.8 Å². The first kappa shape index (κ1) is 16.8. The largest absolute Gasteiger partial charge is 0.479 e. The average molecular weight is 363 g/mol. The number of anilines is 2. The minimum absolute atomic E-state index is 0.227. The maximum absolute atomic E-state index is 12.6. The zero-order valence-corrected chi connectivity index (χ0v) is 14.8. The second-order valence-corrected chi connectivity index (χ2v) is 6.17. The third-order valence-corrected chi connectivity index (χ3v) is 4.15. The molecule has 0 saturated carbocycles. The van der Waals surface area contributed by atoms with Crippen molar-refractivity contribution in [1.82, 2.24) is 15.0 Å². The number of para-hydroxylation sites is 1. The summed E-state index contributed by atoms with van der Waals surface area (Å²) >= 11 is 0. The number of nitrogens with zero attached hydrogens (tertiary/aromatic N) is 3. The first-order chi connectivity index (χ1) is 13.0. The Morgan fingerprint density at radius 3 is 2.74 bits per heavy atom. The van der Waals surface area contributed by atoms with E-state index in [0.29, 0.717) is 22.8 Å². The number of aryl methyl sites for hydroxylation is 1. The van der Waals surface area contributed by atoms with E-state index in [4.69, 9.17) is 4.74 Å². The number of hydrogen-bond acceptors (Lipinski definition) is 5. The Morgan fingerprint density at radius 2 is 1.96 bits per heavy atom. The van der Waals surface area contributed by atoms with E-state index >= 15 is 0 Å². The van der Waals surface area contributed by atoms with Crippen molar-refractivity contribution in [2.24, 2.45) is 0 Å².